The molecule has 19 heavy (non-hydrogen) atoms. The van der Waals surface area contributed by atoms with Gasteiger partial charge in [0.1, 0.15) is 11.9 Å². The smallest absolute Gasteiger partial charge is 0.430 e. The number of terminal acetylenes is 1. The highest BCUT2D eigenvalue weighted by atomic mass is 16.7. The molecule has 1 N–H and O–H groups in total. The Morgan fingerprint density at radius 1 is 1.37 bits per heavy atom. The van der Waals surface area contributed by atoms with Crippen LogP contribution in [0.3, 0.4) is 0 Å². The lowest BCUT2D eigenvalue weighted by Crippen LogP contribution is -2.28. The number of carbonyl (C=O) groups excluding carboxylic acids is 1. The molecule has 4 nitrogen and oxygen atoms in total. The first-order chi connectivity index (χ1) is 9.17. The van der Waals surface area contributed by atoms with Gasteiger partial charge in [0.2, 0.25) is 0 Å². The first-order valence-corrected chi connectivity index (χ1v) is 5.96. The SMILES string of the molecule is C#CC1=C[C@H](O)C[C@H](OC(=O)Oc2ccccc2)C1. The van der Waals surface area contributed by atoms with Gasteiger partial charge >= 0.3 is 6.16 Å². The molecule has 0 amide bonds. The number of benzene rings is 1. The maximum absolute atomic E-state index is 11.6. The number of hydrogen-bond donors (Lipinski definition) is 1. The minimum Gasteiger partial charge on any atom is -0.430 e. The number of para-hydroxylation sites is 1. The maximum Gasteiger partial charge on any atom is 0.514 e. The van der Waals surface area contributed by atoms with Crippen LogP contribution >= 0.6 is 0 Å². The molecule has 0 radical (unpaired) electrons. The average molecular weight is 258 g/mol. The largest absolute Gasteiger partial charge is 0.514 e. The summed E-state index contributed by atoms with van der Waals surface area (Å²) < 4.78 is 10.1. The third kappa shape index (κ3) is 3.87. The van der Waals surface area contributed by atoms with Crippen molar-refractivity contribution in [1.29, 1.82) is 0 Å². The number of carbonyl (C=O) groups is 1. The van der Waals surface area contributed by atoms with Crippen molar-refractivity contribution in [3.05, 3.63) is 42.0 Å². The highest BCUT2D eigenvalue weighted by molar-refractivity contribution is 5.64. The highest BCUT2D eigenvalue weighted by Crippen LogP contribution is 2.21. The van der Waals surface area contributed by atoms with Crippen molar-refractivity contribution in [3.8, 4) is 18.1 Å². The van der Waals surface area contributed by atoms with E-state index >= 15 is 0 Å². The summed E-state index contributed by atoms with van der Waals surface area (Å²) in [6, 6.07) is 8.64. The summed E-state index contributed by atoms with van der Waals surface area (Å²) >= 11 is 0. The van der Waals surface area contributed by atoms with E-state index in [0.717, 1.165) is 0 Å². The number of hydrogen-bond acceptors (Lipinski definition) is 4. The van der Waals surface area contributed by atoms with Gasteiger partial charge in [-0.25, -0.2) is 4.79 Å². The molecule has 0 aromatic heterocycles. The Balaban J connectivity index is 1.90. The quantitative estimate of drug-likeness (QED) is 0.502. The molecule has 0 saturated heterocycles. The van der Waals surface area contributed by atoms with Crippen molar-refractivity contribution in [2.45, 2.75) is 25.0 Å². The lowest BCUT2D eigenvalue weighted by Gasteiger charge is -2.23. The molecular weight excluding hydrogens is 244 g/mol. The molecule has 0 bridgehead atoms. The fourth-order valence-electron chi connectivity index (χ4n) is 1.91. The first kappa shape index (κ1) is 13.2. The van der Waals surface area contributed by atoms with E-state index in [4.69, 9.17) is 15.9 Å². The minimum absolute atomic E-state index is 0.328. The predicted octanol–water partition coefficient (Wildman–Crippen LogP) is 2.28. The Kier molecular flexibility index (Phi) is 4.22. The summed E-state index contributed by atoms with van der Waals surface area (Å²) in [5, 5.41) is 9.58. The van der Waals surface area contributed by atoms with Gasteiger partial charge in [-0.2, -0.15) is 0 Å². The Morgan fingerprint density at radius 2 is 2.11 bits per heavy atom. The van der Waals surface area contributed by atoms with Crippen molar-refractivity contribution < 1.29 is 19.4 Å². The molecule has 1 aliphatic rings. The van der Waals surface area contributed by atoms with Crippen LogP contribution in [0.15, 0.2) is 42.0 Å². The van der Waals surface area contributed by atoms with Gasteiger partial charge in [0, 0.05) is 18.4 Å². The van der Waals surface area contributed by atoms with Crippen molar-refractivity contribution >= 4 is 6.16 Å². The third-order valence-electron chi connectivity index (χ3n) is 2.74. The molecule has 1 aromatic carbocycles. The first-order valence-electron chi connectivity index (χ1n) is 5.96. The van der Waals surface area contributed by atoms with Crippen LogP contribution in [-0.4, -0.2) is 23.5 Å². The molecule has 4 heteroatoms. The summed E-state index contributed by atoms with van der Waals surface area (Å²) in [5.41, 5.74) is 0.635. The van der Waals surface area contributed by atoms with Gasteiger partial charge in [0.05, 0.1) is 6.10 Å². The normalized spacial score (nSPS) is 22.0. The topological polar surface area (TPSA) is 55.8 Å². The zero-order valence-electron chi connectivity index (χ0n) is 10.3. The number of aliphatic hydroxyl groups excluding tert-OH is 1. The van der Waals surface area contributed by atoms with Gasteiger partial charge in [0.25, 0.3) is 0 Å². The van der Waals surface area contributed by atoms with E-state index in [-0.39, 0.29) is 0 Å². The van der Waals surface area contributed by atoms with Crippen molar-refractivity contribution in [2.24, 2.45) is 0 Å². The Bertz CT molecular complexity index is 513. The minimum atomic E-state index is -0.790. The number of rotatable bonds is 2. The molecule has 0 fully saturated rings. The zero-order valence-corrected chi connectivity index (χ0v) is 10.3. The molecule has 0 aliphatic heterocycles. The number of aliphatic hydroxyl groups is 1. The lowest BCUT2D eigenvalue weighted by molar-refractivity contribution is 0.0337. The van der Waals surface area contributed by atoms with Gasteiger partial charge in [-0.1, -0.05) is 24.1 Å². The summed E-state index contributed by atoms with van der Waals surface area (Å²) in [7, 11) is 0. The van der Waals surface area contributed by atoms with E-state index in [9.17, 15) is 9.90 Å². The summed E-state index contributed by atoms with van der Waals surface area (Å²) in [4.78, 5) is 11.6. The van der Waals surface area contributed by atoms with Crippen LogP contribution in [-0.2, 0) is 4.74 Å². The van der Waals surface area contributed by atoms with E-state index in [1.165, 1.54) is 0 Å². The van der Waals surface area contributed by atoms with Crippen LogP contribution in [0.2, 0.25) is 0 Å². The monoisotopic (exact) mass is 258 g/mol. The van der Waals surface area contributed by atoms with Crippen LogP contribution in [0.4, 0.5) is 4.79 Å². The average Bonchev–Trinajstić information content (AvgIpc) is 2.38. The van der Waals surface area contributed by atoms with Gasteiger partial charge < -0.3 is 14.6 Å². The maximum atomic E-state index is 11.6. The van der Waals surface area contributed by atoms with Gasteiger partial charge in [-0.3, -0.25) is 0 Å². The van der Waals surface area contributed by atoms with Gasteiger partial charge in [-0.05, 0) is 18.2 Å². The summed E-state index contributed by atoms with van der Waals surface area (Å²) in [6.07, 6.45) is 5.70. The van der Waals surface area contributed by atoms with Gasteiger partial charge in [-0.15, -0.1) is 6.42 Å². The summed E-state index contributed by atoms with van der Waals surface area (Å²) in [6.45, 7) is 0. The van der Waals surface area contributed by atoms with Crippen LogP contribution in [0.25, 0.3) is 0 Å². The molecule has 98 valence electrons. The molecule has 1 aliphatic carbocycles. The van der Waals surface area contributed by atoms with Crippen molar-refractivity contribution in [1.82, 2.24) is 0 Å². The van der Waals surface area contributed by atoms with E-state index in [2.05, 4.69) is 5.92 Å². The second-order valence-corrected chi connectivity index (χ2v) is 4.25. The van der Waals surface area contributed by atoms with E-state index < -0.39 is 18.4 Å². The van der Waals surface area contributed by atoms with Crippen LogP contribution < -0.4 is 4.74 Å². The number of ether oxygens (including phenoxy) is 2. The molecule has 0 saturated carbocycles. The van der Waals surface area contributed by atoms with Crippen LogP contribution in [0, 0.1) is 12.3 Å². The molecule has 0 spiro atoms. The molecule has 2 rings (SSSR count). The highest BCUT2D eigenvalue weighted by Gasteiger charge is 2.24. The van der Waals surface area contributed by atoms with Gasteiger partial charge in [0.15, 0.2) is 0 Å². The zero-order chi connectivity index (χ0) is 13.7. The van der Waals surface area contributed by atoms with E-state index in [1.807, 2.05) is 6.07 Å². The predicted molar refractivity (Wildman–Crippen MR) is 69.5 cm³/mol. The Morgan fingerprint density at radius 3 is 2.79 bits per heavy atom. The standard InChI is InChI=1S/C15H14O4/c1-2-11-8-12(16)10-14(9-11)19-15(17)18-13-6-4-3-5-7-13/h1,3-8,12,14,16H,9-10H2/t12-,14+/m0/s1. The molecular formula is C15H14O4. The summed E-state index contributed by atoms with van der Waals surface area (Å²) in [5.74, 6) is 2.87. The second-order valence-electron chi connectivity index (χ2n) is 4.25. The van der Waals surface area contributed by atoms with Crippen LogP contribution in [0.5, 0.6) is 5.75 Å². The fourth-order valence-corrected chi connectivity index (χ4v) is 1.91. The molecule has 1 aromatic rings. The van der Waals surface area contributed by atoms with Crippen LogP contribution in [0.1, 0.15) is 12.8 Å². The molecule has 2 atom stereocenters. The second kappa shape index (κ2) is 6.07. The van der Waals surface area contributed by atoms with E-state index in [1.54, 1.807) is 30.3 Å². The lowest BCUT2D eigenvalue weighted by atomic mass is 9.95. The van der Waals surface area contributed by atoms with Crippen molar-refractivity contribution in [3.63, 3.8) is 0 Å². The molecule has 0 unspecified atom stereocenters. The van der Waals surface area contributed by atoms with Crippen molar-refractivity contribution in [2.75, 3.05) is 0 Å². The Labute approximate surface area is 111 Å². The Hall–Kier alpha value is -2.25. The third-order valence-corrected chi connectivity index (χ3v) is 2.74. The fraction of sp³-hybridized carbons (Fsp3) is 0.267. The molecule has 0 heterocycles. The van der Waals surface area contributed by atoms with E-state index in [0.29, 0.717) is 24.2 Å².